The van der Waals surface area contributed by atoms with Crippen LogP contribution in [0.15, 0.2) is 88.4 Å². The highest BCUT2D eigenvalue weighted by molar-refractivity contribution is 7.91. The van der Waals surface area contributed by atoms with Gasteiger partial charge in [0.25, 0.3) is 0 Å². The molecule has 1 aromatic heterocycles. The standard InChI is InChI=1S/C23H24N2O5S/c26-22(24-15-7-11-18-9-3-1-4-10-18)23(27)25-17-21(20-14-8-16-30-20)31(28,29)19-12-5-2-6-13-19/h1-6,8-10,12-14,16,21H,7,11,15,17H2,(H,24,26)(H,25,27)/t21-/m1/s1. The van der Waals surface area contributed by atoms with Crippen molar-refractivity contribution in [1.29, 1.82) is 0 Å². The number of carbonyl (C=O) groups excluding carboxylic acids is 2. The molecule has 1 heterocycles. The van der Waals surface area contributed by atoms with E-state index in [2.05, 4.69) is 10.6 Å². The van der Waals surface area contributed by atoms with Crippen LogP contribution in [0.2, 0.25) is 0 Å². The zero-order valence-electron chi connectivity index (χ0n) is 16.9. The minimum Gasteiger partial charge on any atom is -0.468 e. The van der Waals surface area contributed by atoms with Crippen molar-refractivity contribution in [3.63, 3.8) is 0 Å². The Kier molecular flexibility index (Phi) is 7.61. The summed E-state index contributed by atoms with van der Waals surface area (Å²) in [6, 6.07) is 20.8. The molecule has 0 saturated heterocycles. The number of sulfone groups is 1. The van der Waals surface area contributed by atoms with Gasteiger partial charge in [-0.3, -0.25) is 9.59 Å². The van der Waals surface area contributed by atoms with Crippen molar-refractivity contribution in [1.82, 2.24) is 10.6 Å². The van der Waals surface area contributed by atoms with Crippen LogP contribution in [-0.4, -0.2) is 33.3 Å². The fraction of sp³-hybridized carbons (Fsp3) is 0.217. The molecule has 31 heavy (non-hydrogen) atoms. The summed E-state index contributed by atoms with van der Waals surface area (Å²) in [5.41, 5.74) is 1.15. The van der Waals surface area contributed by atoms with Crippen LogP contribution < -0.4 is 10.6 Å². The Balaban J connectivity index is 1.56. The Morgan fingerprint density at radius 2 is 1.48 bits per heavy atom. The van der Waals surface area contributed by atoms with E-state index in [0.717, 1.165) is 12.0 Å². The largest absolute Gasteiger partial charge is 0.468 e. The maximum atomic E-state index is 13.0. The molecule has 0 spiro atoms. The van der Waals surface area contributed by atoms with Crippen molar-refractivity contribution in [2.45, 2.75) is 23.0 Å². The van der Waals surface area contributed by atoms with Gasteiger partial charge < -0.3 is 15.1 Å². The van der Waals surface area contributed by atoms with Crippen LogP contribution >= 0.6 is 0 Å². The highest BCUT2D eigenvalue weighted by Gasteiger charge is 2.32. The maximum Gasteiger partial charge on any atom is 0.309 e. The Hall–Kier alpha value is -3.39. The van der Waals surface area contributed by atoms with Gasteiger partial charge in [0, 0.05) is 13.1 Å². The number of aryl methyl sites for hydroxylation is 1. The number of furan rings is 1. The first-order valence-electron chi connectivity index (χ1n) is 9.91. The maximum absolute atomic E-state index is 13.0. The van der Waals surface area contributed by atoms with E-state index in [4.69, 9.17) is 4.42 Å². The summed E-state index contributed by atoms with van der Waals surface area (Å²) in [5, 5.41) is 3.82. The lowest BCUT2D eigenvalue weighted by molar-refractivity contribution is -0.139. The molecule has 2 amide bonds. The minimum atomic E-state index is -3.84. The molecule has 0 fully saturated rings. The van der Waals surface area contributed by atoms with Crippen molar-refractivity contribution in [3.05, 3.63) is 90.4 Å². The predicted octanol–water partition coefficient (Wildman–Crippen LogP) is 2.66. The van der Waals surface area contributed by atoms with Gasteiger partial charge in [-0.15, -0.1) is 0 Å². The smallest absolute Gasteiger partial charge is 0.309 e. The first-order chi connectivity index (χ1) is 15.0. The van der Waals surface area contributed by atoms with Crippen LogP contribution in [0.3, 0.4) is 0 Å². The van der Waals surface area contributed by atoms with Crippen molar-refractivity contribution < 1.29 is 22.4 Å². The second-order valence-electron chi connectivity index (χ2n) is 6.92. The third-order valence-electron chi connectivity index (χ3n) is 4.73. The van der Waals surface area contributed by atoms with Gasteiger partial charge in [0.15, 0.2) is 9.84 Å². The molecule has 0 saturated carbocycles. The lowest BCUT2D eigenvalue weighted by Crippen LogP contribution is -2.42. The lowest BCUT2D eigenvalue weighted by Gasteiger charge is -2.16. The second-order valence-corrected chi connectivity index (χ2v) is 9.05. The number of nitrogens with one attached hydrogen (secondary N) is 2. The summed E-state index contributed by atoms with van der Waals surface area (Å²) in [6.45, 7) is 0.0477. The molecule has 3 rings (SSSR count). The number of hydrogen-bond donors (Lipinski definition) is 2. The van der Waals surface area contributed by atoms with Gasteiger partial charge in [-0.25, -0.2) is 8.42 Å². The Labute approximate surface area is 181 Å². The monoisotopic (exact) mass is 440 g/mol. The van der Waals surface area contributed by atoms with Crippen LogP contribution in [0.5, 0.6) is 0 Å². The van der Waals surface area contributed by atoms with E-state index >= 15 is 0 Å². The van der Waals surface area contributed by atoms with Crippen LogP contribution in [0.4, 0.5) is 0 Å². The molecule has 8 heteroatoms. The first kappa shape index (κ1) is 22.3. The van der Waals surface area contributed by atoms with Gasteiger partial charge in [0.1, 0.15) is 11.0 Å². The molecule has 0 aliphatic carbocycles. The molecule has 2 aromatic carbocycles. The minimum absolute atomic E-state index is 0.107. The number of hydrogen-bond acceptors (Lipinski definition) is 5. The van der Waals surface area contributed by atoms with E-state index in [-0.39, 0.29) is 17.2 Å². The molecular weight excluding hydrogens is 416 g/mol. The van der Waals surface area contributed by atoms with Crippen molar-refractivity contribution in [2.24, 2.45) is 0 Å². The second kappa shape index (κ2) is 10.6. The number of rotatable bonds is 9. The number of amides is 2. The summed E-state index contributed by atoms with van der Waals surface area (Å²) in [4.78, 5) is 24.4. The predicted molar refractivity (Wildman–Crippen MR) is 116 cm³/mol. The summed E-state index contributed by atoms with van der Waals surface area (Å²) in [7, 11) is -3.84. The SMILES string of the molecule is O=C(NCCCc1ccccc1)C(=O)NC[C@H](c1ccco1)S(=O)(=O)c1ccccc1. The quantitative estimate of drug-likeness (QED) is 0.393. The van der Waals surface area contributed by atoms with Crippen LogP contribution in [-0.2, 0) is 25.8 Å². The topological polar surface area (TPSA) is 105 Å². The number of benzene rings is 2. The molecule has 2 N–H and O–H groups in total. The molecule has 0 radical (unpaired) electrons. The van der Waals surface area contributed by atoms with E-state index in [9.17, 15) is 18.0 Å². The van der Waals surface area contributed by atoms with Crippen LogP contribution in [0.1, 0.15) is 23.0 Å². The molecular formula is C23H24N2O5S. The molecule has 7 nitrogen and oxygen atoms in total. The summed E-state index contributed by atoms with van der Waals surface area (Å²) in [6.07, 6.45) is 2.82. The molecule has 162 valence electrons. The average Bonchev–Trinajstić information content (AvgIpc) is 3.32. The third kappa shape index (κ3) is 6.05. The van der Waals surface area contributed by atoms with Gasteiger partial charge in [-0.2, -0.15) is 0 Å². The van der Waals surface area contributed by atoms with Gasteiger partial charge in [-0.05, 0) is 42.7 Å². The van der Waals surface area contributed by atoms with Crippen LogP contribution in [0, 0.1) is 0 Å². The molecule has 3 aromatic rings. The van der Waals surface area contributed by atoms with E-state index in [1.807, 2.05) is 30.3 Å². The van der Waals surface area contributed by atoms with E-state index in [1.165, 1.54) is 24.5 Å². The van der Waals surface area contributed by atoms with Gasteiger partial charge >= 0.3 is 11.8 Å². The van der Waals surface area contributed by atoms with Crippen molar-refractivity contribution >= 4 is 21.7 Å². The zero-order chi connectivity index (χ0) is 22.1. The Bertz CT molecular complexity index is 1080. The van der Waals surface area contributed by atoms with Gasteiger partial charge in [0.2, 0.25) is 0 Å². The van der Waals surface area contributed by atoms with Crippen molar-refractivity contribution in [2.75, 3.05) is 13.1 Å². The Morgan fingerprint density at radius 1 is 0.839 bits per heavy atom. The molecule has 0 aliphatic heterocycles. The average molecular weight is 441 g/mol. The lowest BCUT2D eigenvalue weighted by atomic mass is 10.1. The molecule has 1 atom stereocenters. The molecule has 0 unspecified atom stereocenters. The first-order valence-corrected chi connectivity index (χ1v) is 11.5. The van der Waals surface area contributed by atoms with E-state index in [0.29, 0.717) is 13.0 Å². The fourth-order valence-corrected chi connectivity index (χ4v) is 4.70. The summed E-state index contributed by atoms with van der Waals surface area (Å²) < 4.78 is 31.4. The Morgan fingerprint density at radius 3 is 2.13 bits per heavy atom. The number of carbonyl (C=O) groups is 2. The summed E-state index contributed by atoms with van der Waals surface area (Å²) >= 11 is 0. The van der Waals surface area contributed by atoms with E-state index in [1.54, 1.807) is 24.3 Å². The zero-order valence-corrected chi connectivity index (χ0v) is 17.7. The molecule has 0 bridgehead atoms. The third-order valence-corrected chi connectivity index (χ3v) is 6.81. The highest BCUT2D eigenvalue weighted by Crippen LogP contribution is 2.28. The normalized spacial score (nSPS) is 12.1. The summed E-state index contributed by atoms with van der Waals surface area (Å²) in [5.74, 6) is -1.50. The highest BCUT2D eigenvalue weighted by atomic mass is 32.2. The van der Waals surface area contributed by atoms with Gasteiger partial charge in [0.05, 0.1) is 11.2 Å². The van der Waals surface area contributed by atoms with Crippen LogP contribution in [0.25, 0.3) is 0 Å². The van der Waals surface area contributed by atoms with E-state index < -0.39 is 26.9 Å². The molecule has 0 aliphatic rings. The van der Waals surface area contributed by atoms with Gasteiger partial charge in [-0.1, -0.05) is 48.5 Å². The van der Waals surface area contributed by atoms with Crippen molar-refractivity contribution in [3.8, 4) is 0 Å². The fourth-order valence-electron chi connectivity index (χ4n) is 3.10.